The zero-order valence-corrected chi connectivity index (χ0v) is 29.5. The average Bonchev–Trinajstić information content (AvgIpc) is 3.62. The van der Waals surface area contributed by atoms with Gasteiger partial charge in [0.25, 0.3) is 0 Å². The molecule has 0 aliphatic heterocycles. The third-order valence-electron chi connectivity index (χ3n) is 8.50. The molecule has 0 saturated heterocycles. The van der Waals surface area contributed by atoms with Crippen molar-refractivity contribution in [1.82, 2.24) is 9.97 Å². The number of nitrogens with zero attached hydrogens (tertiary/aromatic N) is 2. The maximum Gasteiger partial charge on any atom is 0.128 e. The second kappa shape index (κ2) is 15.1. The second-order valence-corrected chi connectivity index (χ2v) is 11.8. The third kappa shape index (κ3) is 7.16. The molecule has 0 N–H and O–H groups in total. The Hall–Kier alpha value is -5.67. The van der Waals surface area contributed by atoms with Crippen molar-refractivity contribution in [2.75, 3.05) is 0 Å². The topological polar surface area (TPSA) is 38.9 Å². The Labute approximate surface area is 323 Å². The Morgan fingerprint density at radius 2 is 1.37 bits per heavy atom. The van der Waals surface area contributed by atoms with Crippen molar-refractivity contribution in [3.05, 3.63) is 192 Å². The number of rotatable bonds is 5. The van der Waals surface area contributed by atoms with Crippen LogP contribution in [0.2, 0.25) is 0 Å². The first kappa shape index (κ1) is 25.3. The molecule has 0 aliphatic rings. The molecule has 9 aromatic rings. The third-order valence-corrected chi connectivity index (χ3v) is 8.50. The fourth-order valence-electron chi connectivity index (χ4n) is 5.99. The van der Waals surface area contributed by atoms with Crippen LogP contribution in [0.15, 0.2) is 162 Å². The number of hydrogen-bond acceptors (Lipinski definition) is 3. The van der Waals surface area contributed by atoms with Crippen molar-refractivity contribution in [1.29, 1.82) is 0 Å². The van der Waals surface area contributed by atoms with E-state index in [4.69, 9.17) is 15.4 Å². The van der Waals surface area contributed by atoms with Crippen LogP contribution in [-0.4, -0.2) is 9.97 Å². The Morgan fingerprint density at radius 3 is 2.16 bits per heavy atom. The SMILES string of the molecule is [2H]C([2H])([2H])c1cnc(-c2[c-]cc3oc4c5ccccc5ccc4c3c2)cc1C([2H])([2H])c1ccccc1.[2H]C([2H])([2H])c1cnc(-c2[c-]cccc2)cc1-c1ccccc1.[Ir]. The molecule has 3 aromatic heterocycles. The number of furan rings is 1. The molecule has 0 atom stereocenters. The van der Waals surface area contributed by atoms with E-state index < -0.39 is 20.1 Å². The average molecular weight is 843 g/mol. The van der Waals surface area contributed by atoms with Gasteiger partial charge in [0, 0.05) is 54.2 Å². The first-order valence-electron chi connectivity index (χ1n) is 20.1. The molecule has 0 unspecified atom stereocenters. The summed E-state index contributed by atoms with van der Waals surface area (Å²) in [4.78, 5) is 8.73. The summed E-state index contributed by atoms with van der Waals surface area (Å²) in [5, 5.41) is 3.95. The van der Waals surface area contributed by atoms with Crippen LogP contribution in [0.4, 0.5) is 0 Å². The van der Waals surface area contributed by atoms with Gasteiger partial charge >= 0.3 is 0 Å². The van der Waals surface area contributed by atoms with E-state index in [0.717, 1.165) is 38.3 Å². The normalized spacial score (nSPS) is 14.0. The molecule has 6 aromatic carbocycles. The van der Waals surface area contributed by atoms with Crippen LogP contribution in [0.5, 0.6) is 0 Å². The van der Waals surface area contributed by atoms with Gasteiger partial charge < -0.3 is 14.4 Å². The number of aryl methyl sites for hydroxylation is 2. The summed E-state index contributed by atoms with van der Waals surface area (Å²) in [7, 11) is 0. The van der Waals surface area contributed by atoms with Crippen LogP contribution in [0.1, 0.15) is 33.2 Å². The van der Waals surface area contributed by atoms with Crippen LogP contribution < -0.4 is 0 Å². The summed E-state index contributed by atoms with van der Waals surface area (Å²) >= 11 is 0. The van der Waals surface area contributed by atoms with Crippen LogP contribution >= 0.6 is 0 Å². The number of aromatic nitrogens is 2. The van der Waals surface area contributed by atoms with Crippen molar-refractivity contribution in [3.63, 3.8) is 0 Å². The maximum absolute atomic E-state index is 8.84. The molecule has 1 radical (unpaired) electrons. The summed E-state index contributed by atoms with van der Waals surface area (Å²) in [5.74, 6) is 0. The largest absolute Gasteiger partial charge is 0.500 e. The quantitative estimate of drug-likeness (QED) is 0.162. The molecule has 0 bridgehead atoms. The molecule has 249 valence electrons. The summed E-state index contributed by atoms with van der Waals surface area (Å²) in [6, 6.07) is 51.1. The smallest absolute Gasteiger partial charge is 0.128 e. The fourth-order valence-corrected chi connectivity index (χ4v) is 5.99. The minimum absolute atomic E-state index is 0. The standard InChI is InChI=1S/C29H20NO.C18H14N.Ir/c1-19-18-30-27(17-23(19)15-20-7-3-2-4-8-20)22-12-14-28-26(16-22)25-13-11-21-9-5-6-10-24(21)29(25)31-28;1-14-13-19-18(16-10-6-3-7-11-16)12-17(14)15-8-4-2-5-9-15;/h2-11,13-14,16-18H,15H2,1H3;2-10,12-13H,1H3;/q2*-1;/i1D3,15D2;1D3;. The van der Waals surface area contributed by atoms with Gasteiger partial charge in [-0.2, -0.15) is 0 Å². The van der Waals surface area contributed by atoms with Crippen molar-refractivity contribution in [2.45, 2.75) is 20.1 Å². The van der Waals surface area contributed by atoms with E-state index >= 15 is 0 Å². The van der Waals surface area contributed by atoms with Gasteiger partial charge in [0.1, 0.15) is 5.58 Å². The van der Waals surface area contributed by atoms with Gasteiger partial charge in [-0.1, -0.05) is 115 Å². The zero-order chi connectivity index (χ0) is 40.7. The van der Waals surface area contributed by atoms with Gasteiger partial charge in [-0.3, -0.25) is 0 Å². The Balaban J connectivity index is 0.000000198. The minimum Gasteiger partial charge on any atom is -0.500 e. The molecular weight excluding hydrogens is 801 g/mol. The van der Waals surface area contributed by atoms with Gasteiger partial charge in [0.2, 0.25) is 0 Å². The minimum atomic E-state index is -2.52. The molecule has 0 amide bonds. The predicted molar refractivity (Wildman–Crippen MR) is 206 cm³/mol. The Morgan fingerprint density at radius 1 is 0.647 bits per heavy atom. The molecule has 0 fully saturated rings. The molecular formula is C47H34IrN2O-2. The molecule has 9 rings (SSSR count). The molecule has 0 aliphatic carbocycles. The molecule has 3 nitrogen and oxygen atoms in total. The number of fused-ring (bicyclic) bond motifs is 5. The van der Waals surface area contributed by atoms with E-state index in [1.807, 2.05) is 97.1 Å². The van der Waals surface area contributed by atoms with Crippen LogP contribution in [0, 0.1) is 25.8 Å². The Kier molecular flexibility index (Phi) is 7.47. The van der Waals surface area contributed by atoms with E-state index in [-0.39, 0.29) is 36.8 Å². The first-order valence-corrected chi connectivity index (χ1v) is 16.1. The number of hydrogen-bond donors (Lipinski definition) is 0. The molecule has 3 heterocycles. The van der Waals surface area contributed by atoms with Gasteiger partial charge in [-0.15, -0.1) is 59.7 Å². The van der Waals surface area contributed by atoms with Crippen molar-refractivity contribution in [2.24, 2.45) is 0 Å². The van der Waals surface area contributed by atoms with Gasteiger partial charge in [-0.25, -0.2) is 0 Å². The summed E-state index contributed by atoms with van der Waals surface area (Å²) in [5.41, 5.74) is 6.25. The van der Waals surface area contributed by atoms with Crippen LogP contribution in [0.3, 0.4) is 0 Å². The van der Waals surface area contributed by atoms with Crippen LogP contribution in [0.25, 0.3) is 66.4 Å². The number of pyridine rings is 2. The van der Waals surface area contributed by atoms with Crippen molar-refractivity contribution >= 4 is 32.7 Å². The Bertz CT molecular complexity index is 2900. The molecule has 0 saturated carbocycles. The maximum atomic E-state index is 8.84. The summed E-state index contributed by atoms with van der Waals surface area (Å²) in [6.45, 7) is -4.71. The van der Waals surface area contributed by atoms with Gasteiger partial charge in [-0.05, 0) is 70.2 Å². The zero-order valence-electron chi connectivity index (χ0n) is 35.1. The molecule has 51 heavy (non-hydrogen) atoms. The predicted octanol–water partition coefficient (Wildman–Crippen LogP) is 12.0. The fraction of sp³-hybridized carbons (Fsp3) is 0.0638. The molecule has 4 heteroatoms. The van der Waals surface area contributed by atoms with Crippen molar-refractivity contribution in [3.8, 4) is 33.6 Å². The van der Waals surface area contributed by atoms with E-state index in [9.17, 15) is 0 Å². The van der Waals surface area contributed by atoms with E-state index in [2.05, 4.69) is 28.2 Å². The summed E-state index contributed by atoms with van der Waals surface area (Å²) < 4.78 is 71.0. The second-order valence-electron chi connectivity index (χ2n) is 11.8. The van der Waals surface area contributed by atoms with Crippen molar-refractivity contribution < 1.29 is 35.5 Å². The van der Waals surface area contributed by atoms with E-state index in [1.54, 1.807) is 36.4 Å². The van der Waals surface area contributed by atoms with Crippen LogP contribution in [-0.2, 0) is 26.5 Å². The molecule has 0 spiro atoms. The monoisotopic (exact) mass is 843 g/mol. The van der Waals surface area contributed by atoms with Gasteiger partial charge in [0.05, 0.1) is 5.58 Å². The van der Waals surface area contributed by atoms with E-state index in [1.165, 1.54) is 18.5 Å². The first-order chi connectivity index (χ1) is 27.8. The number of benzene rings is 6. The van der Waals surface area contributed by atoms with E-state index in [0.29, 0.717) is 33.7 Å². The summed E-state index contributed by atoms with van der Waals surface area (Å²) in [6.07, 6.45) is 0.678. The van der Waals surface area contributed by atoms with Gasteiger partial charge in [0.15, 0.2) is 0 Å².